The molecule has 0 saturated carbocycles. The van der Waals surface area contributed by atoms with E-state index >= 15 is 0 Å². The number of ether oxygens (including phenoxy) is 3. The van der Waals surface area contributed by atoms with Crippen molar-refractivity contribution < 1.29 is 35.4 Å². The number of esters is 3. The van der Waals surface area contributed by atoms with Crippen LogP contribution in [0, 0.1) is 0 Å². The Labute approximate surface area is 399 Å². The summed E-state index contributed by atoms with van der Waals surface area (Å²) in [6.07, 6.45) is 49.3. The molecule has 0 aromatic carbocycles. The number of allylic oxidation sites excluding steroid dienone is 2. The summed E-state index contributed by atoms with van der Waals surface area (Å²) in [5.41, 5.74) is 0. The molecule has 0 bridgehead atoms. The van der Waals surface area contributed by atoms with Crippen molar-refractivity contribution in [3.63, 3.8) is 0 Å². The van der Waals surface area contributed by atoms with Crippen molar-refractivity contribution >= 4 is 17.9 Å². The zero-order chi connectivity index (χ0) is 50.3. The molecule has 0 amide bonds. The number of carbonyl (C=O) groups is 3. The SMILES string of the molecule is [2H]C([2H])(OC(=O)CCCCCCCCCCCCCCCCC)C([2H])(OC(=O)CCCCCCC/C=C\CCCCCCCC)C([2H])([2H])OC(=O)CCCCCCCCCCCCCCCCC. The Balaban J connectivity index is 4.96. The minimum Gasteiger partial charge on any atom is -0.462 e. The predicted octanol–water partition coefficient (Wildman–Crippen LogP) is 18.5. The Hall–Kier alpha value is -1.85. The summed E-state index contributed by atoms with van der Waals surface area (Å²) in [6.45, 7) is -0.172. The minimum absolute atomic E-state index is 0.126. The summed E-state index contributed by atoms with van der Waals surface area (Å²) in [4.78, 5) is 39.1. The molecule has 6 nitrogen and oxygen atoms in total. The lowest BCUT2D eigenvalue weighted by atomic mass is 10.0. The first-order valence-electron chi connectivity index (χ1n) is 30.2. The van der Waals surface area contributed by atoms with E-state index in [1.807, 2.05) is 0 Å². The molecular weight excluding hydrogens is 781 g/mol. The maximum Gasteiger partial charge on any atom is 0.306 e. The van der Waals surface area contributed by atoms with E-state index in [4.69, 9.17) is 21.1 Å². The molecule has 0 aliphatic heterocycles. The topological polar surface area (TPSA) is 78.9 Å². The van der Waals surface area contributed by atoms with E-state index in [9.17, 15) is 14.4 Å². The maximum atomic E-state index is 13.1. The average Bonchev–Trinajstić information content (AvgIpc) is 3.29. The Morgan fingerprint density at radius 2 is 0.571 bits per heavy atom. The van der Waals surface area contributed by atoms with Crippen LogP contribution in [0.5, 0.6) is 0 Å². The van der Waals surface area contributed by atoms with Crippen molar-refractivity contribution in [1.29, 1.82) is 0 Å². The highest BCUT2D eigenvalue weighted by atomic mass is 16.6. The van der Waals surface area contributed by atoms with Crippen LogP contribution in [0.15, 0.2) is 12.2 Å². The first-order valence-corrected chi connectivity index (χ1v) is 27.7. The van der Waals surface area contributed by atoms with Gasteiger partial charge in [-0.1, -0.05) is 264 Å². The van der Waals surface area contributed by atoms with Crippen molar-refractivity contribution in [1.82, 2.24) is 0 Å². The molecule has 63 heavy (non-hydrogen) atoms. The van der Waals surface area contributed by atoms with Gasteiger partial charge in [0.2, 0.25) is 0 Å². The monoisotopic (exact) mass is 894 g/mol. The molecule has 372 valence electrons. The van der Waals surface area contributed by atoms with Crippen LogP contribution in [0.1, 0.15) is 323 Å². The second-order valence-electron chi connectivity index (χ2n) is 18.7. The fraction of sp³-hybridized carbons (Fsp3) is 0.912. The number of rotatable bonds is 52. The maximum absolute atomic E-state index is 13.1. The van der Waals surface area contributed by atoms with Gasteiger partial charge in [-0.2, -0.15) is 0 Å². The van der Waals surface area contributed by atoms with Gasteiger partial charge >= 0.3 is 17.9 Å². The second kappa shape index (κ2) is 52.8. The molecule has 0 atom stereocenters. The Morgan fingerprint density at radius 1 is 0.349 bits per heavy atom. The molecule has 0 aliphatic rings. The van der Waals surface area contributed by atoms with Crippen LogP contribution in [0.25, 0.3) is 0 Å². The zero-order valence-electron chi connectivity index (χ0n) is 47.1. The van der Waals surface area contributed by atoms with Crippen LogP contribution in [0.2, 0.25) is 0 Å². The van der Waals surface area contributed by atoms with Crippen LogP contribution < -0.4 is 0 Å². The van der Waals surface area contributed by atoms with E-state index in [0.29, 0.717) is 25.7 Å². The molecule has 0 aromatic rings. The van der Waals surface area contributed by atoms with E-state index < -0.39 is 37.1 Å². The number of hydrogen-bond donors (Lipinski definition) is 0. The summed E-state index contributed by atoms with van der Waals surface area (Å²) < 4.78 is 59.0. The van der Waals surface area contributed by atoms with Gasteiger partial charge in [0.15, 0.2) is 6.08 Å². The number of unbranched alkanes of at least 4 members (excludes halogenated alkanes) is 39. The molecule has 0 aromatic heterocycles. The average molecular weight is 895 g/mol. The zero-order valence-corrected chi connectivity index (χ0v) is 42.1. The van der Waals surface area contributed by atoms with E-state index in [0.717, 1.165) is 83.5 Å². The van der Waals surface area contributed by atoms with E-state index in [1.54, 1.807) is 0 Å². The lowest BCUT2D eigenvalue weighted by molar-refractivity contribution is -0.167. The third-order valence-electron chi connectivity index (χ3n) is 12.3. The Morgan fingerprint density at radius 3 is 0.841 bits per heavy atom. The van der Waals surface area contributed by atoms with Gasteiger partial charge in [-0.25, -0.2) is 0 Å². The molecule has 0 fully saturated rings. The molecule has 0 radical (unpaired) electrons. The standard InChI is InChI=1S/C57H108O6/c1-4-7-10-13-16-19-22-25-28-31-34-37-40-43-46-49-55(58)61-52-54(63-57(60)51-48-45-42-39-36-33-30-27-24-21-18-15-12-9-6-3)53-62-56(59)50-47-44-41-38-35-32-29-26-23-20-17-14-11-8-5-2/h27,30,54H,4-26,28-29,31-53H2,1-3H3/b30-27-/i52D2,53D2,54D. The van der Waals surface area contributed by atoms with E-state index in [2.05, 4.69) is 32.9 Å². The first-order chi connectivity index (χ1) is 32.9. The fourth-order valence-electron chi connectivity index (χ4n) is 8.16. The van der Waals surface area contributed by atoms with Gasteiger partial charge in [-0.3, -0.25) is 14.4 Å². The smallest absolute Gasteiger partial charge is 0.306 e. The molecule has 0 rings (SSSR count). The third-order valence-corrected chi connectivity index (χ3v) is 12.3. The normalized spacial score (nSPS) is 13.3. The molecule has 0 unspecified atom stereocenters. The summed E-state index contributed by atoms with van der Waals surface area (Å²) in [5, 5.41) is 0. The van der Waals surface area contributed by atoms with Crippen LogP contribution in [-0.2, 0) is 28.6 Å². The lowest BCUT2D eigenvalue weighted by Gasteiger charge is -2.18. The molecule has 0 saturated heterocycles. The lowest BCUT2D eigenvalue weighted by Crippen LogP contribution is -2.30. The second-order valence-corrected chi connectivity index (χ2v) is 18.7. The van der Waals surface area contributed by atoms with Crippen molar-refractivity contribution in [3.8, 4) is 0 Å². The van der Waals surface area contributed by atoms with Crippen LogP contribution in [0.3, 0.4) is 0 Å². The van der Waals surface area contributed by atoms with Gasteiger partial charge in [-0.15, -0.1) is 0 Å². The van der Waals surface area contributed by atoms with Crippen molar-refractivity contribution in [2.75, 3.05) is 13.1 Å². The molecule has 0 aliphatic carbocycles. The van der Waals surface area contributed by atoms with Crippen LogP contribution in [-0.4, -0.2) is 37.1 Å². The van der Waals surface area contributed by atoms with Crippen molar-refractivity contribution in [2.45, 2.75) is 322 Å². The molecule has 6 heteroatoms. The highest BCUT2D eigenvalue weighted by Crippen LogP contribution is 2.17. The first kappa shape index (κ1) is 52.1. The summed E-state index contributed by atoms with van der Waals surface area (Å²) in [5.74, 6) is -2.94. The van der Waals surface area contributed by atoms with Crippen molar-refractivity contribution in [2.24, 2.45) is 0 Å². The fourth-order valence-corrected chi connectivity index (χ4v) is 8.16. The molecule has 0 N–H and O–H groups in total. The van der Waals surface area contributed by atoms with Crippen molar-refractivity contribution in [3.05, 3.63) is 12.2 Å². The van der Waals surface area contributed by atoms with Gasteiger partial charge in [0.25, 0.3) is 0 Å². The number of carbonyl (C=O) groups excluding carboxylic acids is 3. The largest absolute Gasteiger partial charge is 0.462 e. The van der Waals surface area contributed by atoms with Crippen LogP contribution in [0.4, 0.5) is 0 Å². The molecular formula is C57H108O6. The molecule has 0 heterocycles. The van der Waals surface area contributed by atoms with Crippen LogP contribution >= 0.6 is 0 Å². The minimum atomic E-state index is -3.49. The van der Waals surface area contributed by atoms with Gasteiger partial charge in [0.1, 0.15) is 13.1 Å². The van der Waals surface area contributed by atoms with Gasteiger partial charge in [-0.05, 0) is 44.9 Å². The Bertz CT molecular complexity index is 1140. The van der Waals surface area contributed by atoms with E-state index in [1.165, 1.54) is 167 Å². The summed E-state index contributed by atoms with van der Waals surface area (Å²) >= 11 is 0. The Kier molecular flexibility index (Phi) is 43.7. The third kappa shape index (κ3) is 51.0. The van der Waals surface area contributed by atoms with Gasteiger partial charge in [0, 0.05) is 19.3 Å². The quantitative estimate of drug-likeness (QED) is 0.0262. The van der Waals surface area contributed by atoms with E-state index in [-0.39, 0.29) is 19.3 Å². The van der Waals surface area contributed by atoms with Gasteiger partial charge in [0.05, 0.1) is 6.85 Å². The molecule has 0 spiro atoms. The summed E-state index contributed by atoms with van der Waals surface area (Å²) in [7, 11) is 0. The highest BCUT2D eigenvalue weighted by Gasteiger charge is 2.19. The van der Waals surface area contributed by atoms with Gasteiger partial charge < -0.3 is 14.2 Å². The summed E-state index contributed by atoms with van der Waals surface area (Å²) in [6, 6.07) is 0. The predicted molar refractivity (Wildman–Crippen MR) is 270 cm³/mol. The highest BCUT2D eigenvalue weighted by molar-refractivity contribution is 5.71. The number of hydrogen-bond acceptors (Lipinski definition) is 6.